The van der Waals surface area contributed by atoms with Gasteiger partial charge in [-0.1, -0.05) is 0 Å². The van der Waals surface area contributed by atoms with Crippen LogP contribution in [-0.4, -0.2) is 18.5 Å². The summed E-state index contributed by atoms with van der Waals surface area (Å²) in [5.74, 6) is -0.248. The zero-order valence-corrected chi connectivity index (χ0v) is 10.1. The van der Waals surface area contributed by atoms with Gasteiger partial charge in [0, 0.05) is 23.9 Å². The summed E-state index contributed by atoms with van der Waals surface area (Å²) in [6.45, 7) is 5.00. The minimum Gasteiger partial charge on any atom is -0.370 e. The first-order valence-corrected chi connectivity index (χ1v) is 6.02. The van der Waals surface area contributed by atoms with Crippen LogP contribution in [0.3, 0.4) is 0 Å². The lowest BCUT2D eigenvalue weighted by Gasteiger charge is -2.11. The van der Waals surface area contributed by atoms with Gasteiger partial charge in [0.05, 0.1) is 0 Å². The van der Waals surface area contributed by atoms with Crippen LogP contribution >= 0.6 is 11.3 Å². The first kappa shape index (κ1) is 12.2. The molecule has 0 aliphatic rings. The van der Waals surface area contributed by atoms with Gasteiger partial charge in [-0.15, -0.1) is 11.3 Å². The standard InChI is InChI=1S/C11H18N2OS/c1-8-4-6-15-10(8)3-5-13-9(2)7-11(12)14/h4,6,9,13H,3,5,7H2,1-2H3,(H2,12,14). The Hall–Kier alpha value is -0.870. The zero-order chi connectivity index (χ0) is 11.3. The second-order valence-electron chi connectivity index (χ2n) is 3.80. The van der Waals surface area contributed by atoms with Gasteiger partial charge < -0.3 is 11.1 Å². The summed E-state index contributed by atoms with van der Waals surface area (Å²) in [6, 6.07) is 2.30. The number of hydrogen-bond acceptors (Lipinski definition) is 3. The molecule has 3 N–H and O–H groups in total. The molecule has 0 aliphatic heterocycles. The van der Waals surface area contributed by atoms with Crippen LogP contribution in [-0.2, 0) is 11.2 Å². The van der Waals surface area contributed by atoms with Gasteiger partial charge in [0.25, 0.3) is 0 Å². The summed E-state index contributed by atoms with van der Waals surface area (Å²) >= 11 is 1.78. The van der Waals surface area contributed by atoms with Crippen molar-refractivity contribution in [3.8, 4) is 0 Å². The number of nitrogens with one attached hydrogen (secondary N) is 1. The van der Waals surface area contributed by atoms with Crippen LogP contribution in [0.2, 0.25) is 0 Å². The first-order valence-electron chi connectivity index (χ1n) is 5.14. The van der Waals surface area contributed by atoms with E-state index in [4.69, 9.17) is 5.73 Å². The molecular formula is C11H18N2OS. The number of hydrogen-bond donors (Lipinski definition) is 2. The average molecular weight is 226 g/mol. The van der Waals surface area contributed by atoms with Gasteiger partial charge >= 0.3 is 0 Å². The molecule has 0 saturated heterocycles. The molecule has 0 radical (unpaired) electrons. The fraction of sp³-hybridized carbons (Fsp3) is 0.545. The topological polar surface area (TPSA) is 55.1 Å². The molecule has 4 heteroatoms. The largest absolute Gasteiger partial charge is 0.370 e. The number of thiophene rings is 1. The lowest BCUT2D eigenvalue weighted by Crippen LogP contribution is -2.32. The van der Waals surface area contributed by atoms with Crippen molar-refractivity contribution < 1.29 is 4.79 Å². The van der Waals surface area contributed by atoms with Crippen LogP contribution in [0.1, 0.15) is 23.8 Å². The number of amides is 1. The summed E-state index contributed by atoms with van der Waals surface area (Å²) < 4.78 is 0. The third-order valence-corrected chi connectivity index (χ3v) is 3.40. The van der Waals surface area contributed by atoms with E-state index in [2.05, 4.69) is 23.7 Å². The molecule has 0 fully saturated rings. The van der Waals surface area contributed by atoms with E-state index in [1.807, 2.05) is 6.92 Å². The molecule has 15 heavy (non-hydrogen) atoms. The molecule has 0 bridgehead atoms. The number of carbonyl (C=O) groups is 1. The number of primary amides is 1. The van der Waals surface area contributed by atoms with E-state index in [1.54, 1.807) is 11.3 Å². The highest BCUT2D eigenvalue weighted by molar-refractivity contribution is 7.10. The second kappa shape index (κ2) is 5.88. The quantitative estimate of drug-likeness (QED) is 0.771. The van der Waals surface area contributed by atoms with Crippen LogP contribution in [0.4, 0.5) is 0 Å². The third-order valence-electron chi connectivity index (χ3n) is 2.32. The third kappa shape index (κ3) is 4.44. The number of rotatable bonds is 6. The molecule has 1 aromatic heterocycles. The normalized spacial score (nSPS) is 12.7. The molecule has 1 aromatic rings. The Morgan fingerprint density at radius 2 is 2.40 bits per heavy atom. The van der Waals surface area contributed by atoms with Gasteiger partial charge in [0.2, 0.25) is 5.91 Å². The van der Waals surface area contributed by atoms with Crippen molar-refractivity contribution >= 4 is 17.2 Å². The predicted molar refractivity (Wildman–Crippen MR) is 64.0 cm³/mol. The van der Waals surface area contributed by atoms with E-state index in [0.717, 1.165) is 13.0 Å². The van der Waals surface area contributed by atoms with Crippen LogP contribution in [0.5, 0.6) is 0 Å². The molecular weight excluding hydrogens is 208 g/mol. The maximum atomic E-state index is 10.6. The van der Waals surface area contributed by atoms with Crippen molar-refractivity contribution in [2.75, 3.05) is 6.54 Å². The summed E-state index contributed by atoms with van der Waals surface area (Å²) in [5.41, 5.74) is 6.46. The van der Waals surface area contributed by atoms with Gasteiger partial charge in [0.1, 0.15) is 0 Å². The molecule has 3 nitrogen and oxygen atoms in total. The number of carbonyl (C=O) groups excluding carboxylic acids is 1. The van der Waals surface area contributed by atoms with Crippen LogP contribution < -0.4 is 11.1 Å². The van der Waals surface area contributed by atoms with Crippen molar-refractivity contribution in [3.05, 3.63) is 21.9 Å². The Bertz CT molecular complexity index is 322. The Morgan fingerprint density at radius 3 is 2.93 bits per heavy atom. The molecule has 0 aliphatic carbocycles. The molecule has 1 heterocycles. The second-order valence-corrected chi connectivity index (χ2v) is 4.80. The van der Waals surface area contributed by atoms with Gasteiger partial charge in [-0.25, -0.2) is 0 Å². The van der Waals surface area contributed by atoms with Crippen molar-refractivity contribution in [2.24, 2.45) is 5.73 Å². The van der Waals surface area contributed by atoms with E-state index in [1.165, 1.54) is 10.4 Å². The highest BCUT2D eigenvalue weighted by atomic mass is 32.1. The highest BCUT2D eigenvalue weighted by Crippen LogP contribution is 2.15. The minimum atomic E-state index is -0.248. The highest BCUT2D eigenvalue weighted by Gasteiger charge is 2.05. The molecule has 1 atom stereocenters. The fourth-order valence-corrected chi connectivity index (χ4v) is 2.38. The van der Waals surface area contributed by atoms with Crippen molar-refractivity contribution in [1.29, 1.82) is 0 Å². The number of aryl methyl sites for hydroxylation is 1. The van der Waals surface area contributed by atoms with Crippen LogP contribution in [0.15, 0.2) is 11.4 Å². The number of nitrogens with two attached hydrogens (primary N) is 1. The molecule has 0 saturated carbocycles. The van der Waals surface area contributed by atoms with E-state index in [9.17, 15) is 4.79 Å². The van der Waals surface area contributed by atoms with E-state index < -0.39 is 0 Å². The van der Waals surface area contributed by atoms with E-state index in [-0.39, 0.29) is 11.9 Å². The molecule has 84 valence electrons. The van der Waals surface area contributed by atoms with Gasteiger partial charge in [-0.3, -0.25) is 4.79 Å². The van der Waals surface area contributed by atoms with Crippen LogP contribution in [0, 0.1) is 6.92 Å². The summed E-state index contributed by atoms with van der Waals surface area (Å²) in [4.78, 5) is 12.1. The Kier molecular flexibility index (Phi) is 4.78. The van der Waals surface area contributed by atoms with E-state index >= 15 is 0 Å². The molecule has 1 rings (SSSR count). The fourth-order valence-electron chi connectivity index (χ4n) is 1.47. The van der Waals surface area contributed by atoms with Crippen molar-refractivity contribution in [2.45, 2.75) is 32.7 Å². The summed E-state index contributed by atoms with van der Waals surface area (Å²) in [5, 5.41) is 5.39. The zero-order valence-electron chi connectivity index (χ0n) is 9.25. The Morgan fingerprint density at radius 1 is 1.67 bits per heavy atom. The average Bonchev–Trinajstić information content (AvgIpc) is 2.50. The SMILES string of the molecule is Cc1ccsc1CCNC(C)CC(N)=O. The monoisotopic (exact) mass is 226 g/mol. The molecule has 1 amide bonds. The Balaban J connectivity index is 2.22. The first-order chi connectivity index (χ1) is 7.09. The van der Waals surface area contributed by atoms with Gasteiger partial charge in [-0.05, 0) is 37.3 Å². The van der Waals surface area contributed by atoms with Gasteiger partial charge in [-0.2, -0.15) is 0 Å². The van der Waals surface area contributed by atoms with Crippen molar-refractivity contribution in [3.63, 3.8) is 0 Å². The maximum absolute atomic E-state index is 10.6. The Labute approximate surface area is 94.7 Å². The summed E-state index contributed by atoms with van der Waals surface area (Å²) in [6.07, 6.45) is 1.43. The minimum absolute atomic E-state index is 0.169. The molecule has 1 unspecified atom stereocenters. The smallest absolute Gasteiger partial charge is 0.218 e. The van der Waals surface area contributed by atoms with Crippen LogP contribution in [0.25, 0.3) is 0 Å². The lowest BCUT2D eigenvalue weighted by atomic mass is 10.2. The lowest BCUT2D eigenvalue weighted by molar-refractivity contribution is -0.118. The van der Waals surface area contributed by atoms with Gasteiger partial charge in [0.15, 0.2) is 0 Å². The maximum Gasteiger partial charge on any atom is 0.218 e. The van der Waals surface area contributed by atoms with Crippen molar-refractivity contribution in [1.82, 2.24) is 5.32 Å². The van der Waals surface area contributed by atoms with E-state index in [0.29, 0.717) is 6.42 Å². The summed E-state index contributed by atoms with van der Waals surface area (Å²) in [7, 11) is 0. The molecule has 0 spiro atoms. The molecule has 0 aromatic carbocycles. The predicted octanol–water partition coefficient (Wildman–Crippen LogP) is 1.45.